The number of nitrogens with one attached hydrogen (secondary N) is 1. The summed E-state index contributed by atoms with van der Waals surface area (Å²) in [5.41, 5.74) is 3.52. The van der Waals surface area contributed by atoms with E-state index in [1.165, 1.54) is 11.3 Å². The summed E-state index contributed by atoms with van der Waals surface area (Å²) in [6.07, 6.45) is 5.32. The van der Waals surface area contributed by atoms with Crippen LogP contribution in [0.4, 0.5) is 5.00 Å². The Bertz CT molecular complexity index is 1210. The molecule has 8 heteroatoms. The Morgan fingerprint density at radius 2 is 1.81 bits per heavy atom. The average Bonchev–Trinajstić information content (AvgIpc) is 3.19. The molecule has 0 saturated heterocycles. The van der Waals surface area contributed by atoms with E-state index in [1.807, 2.05) is 31.4 Å². The molecule has 0 aliphatic heterocycles. The van der Waals surface area contributed by atoms with E-state index >= 15 is 0 Å². The van der Waals surface area contributed by atoms with E-state index in [9.17, 15) is 14.4 Å². The van der Waals surface area contributed by atoms with Crippen molar-refractivity contribution in [3.8, 4) is 11.1 Å². The van der Waals surface area contributed by atoms with E-state index in [4.69, 9.17) is 21.1 Å². The van der Waals surface area contributed by atoms with Gasteiger partial charge in [0.2, 0.25) is 0 Å². The molecule has 2 atom stereocenters. The minimum absolute atomic E-state index is 0.220. The largest absolute Gasteiger partial charge is 0.462 e. The number of anilines is 1. The van der Waals surface area contributed by atoms with Crippen molar-refractivity contribution in [2.75, 3.05) is 18.5 Å². The van der Waals surface area contributed by atoms with Crippen molar-refractivity contribution in [3.05, 3.63) is 40.3 Å². The predicted molar refractivity (Wildman–Crippen MR) is 140 cm³/mol. The highest BCUT2D eigenvalue weighted by Crippen LogP contribution is 2.64. The summed E-state index contributed by atoms with van der Waals surface area (Å²) < 4.78 is 10.9. The quantitative estimate of drug-likeness (QED) is 0.338. The lowest BCUT2D eigenvalue weighted by atomic mass is 9.49. The summed E-state index contributed by atoms with van der Waals surface area (Å²) >= 11 is 8.11. The van der Waals surface area contributed by atoms with Gasteiger partial charge in [-0.1, -0.05) is 23.8 Å². The molecule has 0 unspecified atom stereocenters. The molecule has 0 radical (unpaired) electrons. The summed E-state index contributed by atoms with van der Waals surface area (Å²) in [6, 6.07) is 6.01. The highest BCUT2D eigenvalue weighted by molar-refractivity contribution is 7.15. The molecule has 1 aromatic carbocycles. The number of hydrogen-bond donors (Lipinski definition) is 1. The highest BCUT2D eigenvalue weighted by atomic mass is 35.5. The fourth-order valence-electron chi connectivity index (χ4n) is 7.01. The Kier molecular flexibility index (Phi) is 6.66. The molecule has 4 saturated carbocycles. The molecular weight excluding hydrogens is 498 g/mol. The van der Waals surface area contributed by atoms with Crippen molar-refractivity contribution >= 4 is 45.8 Å². The van der Waals surface area contributed by atoms with Gasteiger partial charge < -0.3 is 14.8 Å². The monoisotopic (exact) mass is 529 g/mol. The van der Waals surface area contributed by atoms with E-state index in [0.717, 1.165) is 48.8 Å². The molecule has 6 nitrogen and oxygen atoms in total. The molecule has 1 N–H and O–H groups in total. The van der Waals surface area contributed by atoms with Gasteiger partial charge in [0.1, 0.15) is 10.6 Å². The second kappa shape index (κ2) is 9.49. The highest BCUT2D eigenvalue weighted by Gasteiger charge is 2.60. The average molecular weight is 530 g/mol. The van der Waals surface area contributed by atoms with Crippen LogP contribution in [0.25, 0.3) is 11.1 Å². The number of benzene rings is 1. The number of alkyl halides is 1. The molecule has 2 aromatic rings. The number of hydrogen-bond acceptors (Lipinski definition) is 6. The van der Waals surface area contributed by atoms with E-state index in [2.05, 4.69) is 11.4 Å². The lowest BCUT2D eigenvalue weighted by Gasteiger charge is -2.58. The summed E-state index contributed by atoms with van der Waals surface area (Å²) in [6.45, 7) is 5.57. The Labute approximate surface area is 220 Å². The third-order valence-electron chi connectivity index (χ3n) is 7.95. The van der Waals surface area contributed by atoms with Crippen molar-refractivity contribution in [1.29, 1.82) is 0 Å². The molecule has 192 valence electrons. The Hall–Kier alpha value is -2.38. The van der Waals surface area contributed by atoms with Crippen molar-refractivity contribution in [3.63, 3.8) is 0 Å². The molecule has 0 spiro atoms. The molecule has 4 aliphatic carbocycles. The summed E-state index contributed by atoms with van der Waals surface area (Å²) in [7, 11) is 0. The second-order valence-corrected chi connectivity index (χ2v) is 12.6. The standard InChI is InChI=1S/C28H32ClNO5S/c1-4-34-25(32)23-21(20-6-5-16(2)7-17(20)3)14-36-24(23)30-22(31)13-35-26(33)27-9-18-8-19(10-27)12-28(29,11-18)15-27/h5-7,14,18-19H,4,8-13,15H2,1-3H3,(H,30,31)/t18-,19-,27?,28?/m0/s1. The molecule has 1 amide bonds. The van der Waals surface area contributed by atoms with Crippen LogP contribution in [0.1, 0.15) is 66.9 Å². The number of carbonyl (C=O) groups excluding carboxylic acids is 3. The fraction of sp³-hybridized carbons (Fsp3) is 0.536. The SMILES string of the molecule is CCOC(=O)c1c(-c2ccc(C)cc2C)csc1NC(=O)COC(=O)C12C[C@@H]3C[C@H](CC(Cl)(C3)C1)C2. The number of rotatable bonds is 7. The van der Waals surface area contributed by atoms with Gasteiger partial charge in [0.25, 0.3) is 5.91 Å². The topological polar surface area (TPSA) is 81.7 Å². The van der Waals surface area contributed by atoms with E-state index < -0.39 is 23.9 Å². The zero-order chi connectivity index (χ0) is 25.7. The van der Waals surface area contributed by atoms with Crippen LogP contribution in [0.15, 0.2) is 23.6 Å². The van der Waals surface area contributed by atoms with Gasteiger partial charge in [0.05, 0.1) is 12.0 Å². The normalized spacial score (nSPS) is 28.1. The van der Waals surface area contributed by atoms with Crippen LogP contribution in [0.5, 0.6) is 0 Å². The first-order valence-electron chi connectivity index (χ1n) is 12.6. The van der Waals surface area contributed by atoms with Gasteiger partial charge >= 0.3 is 11.9 Å². The number of esters is 2. The zero-order valence-corrected chi connectivity index (χ0v) is 22.5. The predicted octanol–water partition coefficient (Wildman–Crippen LogP) is 6.27. The van der Waals surface area contributed by atoms with Crippen LogP contribution in [-0.2, 0) is 19.1 Å². The van der Waals surface area contributed by atoms with Gasteiger partial charge in [-0.15, -0.1) is 22.9 Å². The number of aryl methyl sites for hydroxylation is 2. The van der Waals surface area contributed by atoms with Crippen molar-refractivity contribution in [1.82, 2.24) is 0 Å². The molecule has 4 aliphatic rings. The van der Waals surface area contributed by atoms with E-state index in [1.54, 1.807) is 6.92 Å². The molecular formula is C28H32ClNO5S. The molecule has 1 aromatic heterocycles. The van der Waals surface area contributed by atoms with E-state index in [0.29, 0.717) is 34.4 Å². The maximum atomic E-state index is 13.2. The number of thiophene rings is 1. The van der Waals surface area contributed by atoms with Crippen LogP contribution >= 0.6 is 22.9 Å². The zero-order valence-electron chi connectivity index (χ0n) is 20.9. The number of ether oxygens (including phenoxy) is 2. The summed E-state index contributed by atoms with van der Waals surface area (Å²) in [5, 5.41) is 5.02. The molecule has 1 heterocycles. The Morgan fingerprint density at radius 1 is 1.08 bits per heavy atom. The fourth-order valence-corrected chi connectivity index (χ4v) is 8.66. The first-order valence-corrected chi connectivity index (χ1v) is 13.9. The van der Waals surface area contributed by atoms with Crippen molar-refractivity contribution < 1.29 is 23.9 Å². The number of halogens is 1. The van der Waals surface area contributed by atoms with Crippen LogP contribution in [0.2, 0.25) is 0 Å². The lowest BCUT2D eigenvalue weighted by molar-refractivity contribution is -0.171. The van der Waals surface area contributed by atoms with Gasteiger partial charge in [0, 0.05) is 15.8 Å². The van der Waals surface area contributed by atoms with Crippen molar-refractivity contribution in [2.24, 2.45) is 17.3 Å². The second-order valence-electron chi connectivity index (χ2n) is 10.9. The van der Waals surface area contributed by atoms with Crippen molar-refractivity contribution in [2.45, 2.75) is 64.2 Å². The molecule has 4 bridgehead atoms. The first-order chi connectivity index (χ1) is 17.1. The minimum Gasteiger partial charge on any atom is -0.462 e. The molecule has 36 heavy (non-hydrogen) atoms. The van der Waals surface area contributed by atoms with Crippen LogP contribution < -0.4 is 5.32 Å². The van der Waals surface area contributed by atoms with Crippen LogP contribution in [0, 0.1) is 31.1 Å². The van der Waals surface area contributed by atoms with Gasteiger partial charge in [-0.25, -0.2) is 4.79 Å². The minimum atomic E-state index is -0.568. The summed E-state index contributed by atoms with van der Waals surface area (Å²) in [4.78, 5) is 38.6. The third-order valence-corrected chi connectivity index (χ3v) is 9.29. The third kappa shape index (κ3) is 4.68. The Balaban J connectivity index is 1.30. The maximum absolute atomic E-state index is 13.2. The maximum Gasteiger partial charge on any atom is 0.341 e. The van der Waals surface area contributed by atoms with Gasteiger partial charge in [-0.2, -0.15) is 0 Å². The van der Waals surface area contributed by atoms with Crippen LogP contribution in [0.3, 0.4) is 0 Å². The first kappa shape index (κ1) is 25.3. The van der Waals surface area contributed by atoms with Crippen LogP contribution in [-0.4, -0.2) is 35.9 Å². The van der Waals surface area contributed by atoms with Gasteiger partial charge in [0.15, 0.2) is 6.61 Å². The van der Waals surface area contributed by atoms with Gasteiger partial charge in [-0.3, -0.25) is 9.59 Å². The van der Waals surface area contributed by atoms with Gasteiger partial charge in [-0.05, 0) is 82.3 Å². The number of amides is 1. The summed E-state index contributed by atoms with van der Waals surface area (Å²) in [5.74, 6) is -0.362. The Morgan fingerprint density at radius 3 is 2.44 bits per heavy atom. The molecule has 6 rings (SSSR count). The lowest BCUT2D eigenvalue weighted by Crippen LogP contribution is -2.56. The smallest absolute Gasteiger partial charge is 0.341 e. The number of carbonyl (C=O) groups is 3. The molecule has 4 fully saturated rings. The van der Waals surface area contributed by atoms with E-state index in [-0.39, 0.29) is 17.5 Å².